The number of aryl methyl sites for hydroxylation is 2. The Morgan fingerprint density at radius 3 is 2.83 bits per heavy atom. The van der Waals surface area contributed by atoms with Crippen molar-refractivity contribution >= 4 is 16.9 Å². The van der Waals surface area contributed by atoms with Gasteiger partial charge in [-0.15, -0.1) is 0 Å². The van der Waals surface area contributed by atoms with Crippen molar-refractivity contribution in [2.75, 3.05) is 25.7 Å². The molecule has 3 aromatic heterocycles. The number of anilines is 1. The molecule has 3 aromatic rings. The quantitative estimate of drug-likeness (QED) is 0.677. The topological polar surface area (TPSA) is 90.1 Å². The van der Waals surface area contributed by atoms with Gasteiger partial charge in [-0.05, 0) is 25.5 Å². The Balaban J connectivity index is 1.86. The summed E-state index contributed by atoms with van der Waals surface area (Å²) < 4.78 is 10.3. The van der Waals surface area contributed by atoms with Crippen LogP contribution in [0.15, 0.2) is 16.9 Å². The standard InChI is InChI=1S/C16H20N6O2/c1-10-7-11(2)19-15-14(10)16(18-9-17-15)22(3)8-13-20-12(21-24-13)5-6-23-4/h7,9H,5-6,8H2,1-4H3. The van der Waals surface area contributed by atoms with Crippen molar-refractivity contribution in [1.82, 2.24) is 25.1 Å². The molecule has 24 heavy (non-hydrogen) atoms. The number of pyridine rings is 1. The van der Waals surface area contributed by atoms with Crippen molar-refractivity contribution in [1.29, 1.82) is 0 Å². The largest absolute Gasteiger partial charge is 0.384 e. The molecule has 0 aliphatic heterocycles. The van der Waals surface area contributed by atoms with Crippen molar-refractivity contribution in [2.45, 2.75) is 26.8 Å². The van der Waals surface area contributed by atoms with Crippen LogP contribution in [0, 0.1) is 13.8 Å². The number of aromatic nitrogens is 5. The van der Waals surface area contributed by atoms with Crippen molar-refractivity contribution < 1.29 is 9.26 Å². The van der Waals surface area contributed by atoms with Gasteiger partial charge in [0, 0.05) is 26.3 Å². The van der Waals surface area contributed by atoms with E-state index >= 15 is 0 Å². The molecular formula is C16H20N6O2. The van der Waals surface area contributed by atoms with E-state index in [1.807, 2.05) is 31.9 Å². The van der Waals surface area contributed by atoms with Crippen molar-refractivity contribution in [3.05, 3.63) is 35.4 Å². The number of ether oxygens (including phenoxy) is 1. The van der Waals surface area contributed by atoms with E-state index in [4.69, 9.17) is 9.26 Å². The zero-order chi connectivity index (χ0) is 17.1. The first-order valence-corrected chi connectivity index (χ1v) is 7.69. The van der Waals surface area contributed by atoms with Gasteiger partial charge in [0.05, 0.1) is 18.5 Å². The Morgan fingerprint density at radius 1 is 1.21 bits per heavy atom. The van der Waals surface area contributed by atoms with E-state index in [1.165, 1.54) is 6.33 Å². The second-order valence-corrected chi connectivity index (χ2v) is 5.68. The predicted molar refractivity (Wildman–Crippen MR) is 88.8 cm³/mol. The fourth-order valence-corrected chi connectivity index (χ4v) is 2.61. The number of hydrogen-bond donors (Lipinski definition) is 0. The molecule has 0 aromatic carbocycles. The molecule has 0 atom stereocenters. The minimum absolute atomic E-state index is 0.458. The first kappa shape index (κ1) is 16.3. The highest BCUT2D eigenvalue weighted by Gasteiger charge is 2.15. The Labute approximate surface area is 139 Å². The number of methoxy groups -OCH3 is 1. The van der Waals surface area contributed by atoms with Crippen LogP contribution in [0.2, 0.25) is 0 Å². The summed E-state index contributed by atoms with van der Waals surface area (Å²) in [5.41, 5.74) is 2.72. The summed E-state index contributed by atoms with van der Waals surface area (Å²) in [6.45, 7) is 5.01. The van der Waals surface area contributed by atoms with E-state index in [0.717, 1.165) is 22.5 Å². The van der Waals surface area contributed by atoms with Crippen LogP contribution in [0.5, 0.6) is 0 Å². The molecule has 8 heteroatoms. The summed E-state index contributed by atoms with van der Waals surface area (Å²) in [6.07, 6.45) is 2.15. The van der Waals surface area contributed by atoms with Crippen molar-refractivity contribution in [3.8, 4) is 0 Å². The third-order valence-corrected chi connectivity index (χ3v) is 3.68. The highest BCUT2D eigenvalue weighted by Crippen LogP contribution is 2.25. The van der Waals surface area contributed by atoms with Gasteiger partial charge in [-0.2, -0.15) is 4.98 Å². The minimum atomic E-state index is 0.458. The molecule has 0 aliphatic carbocycles. The molecule has 8 nitrogen and oxygen atoms in total. The van der Waals surface area contributed by atoms with Crippen molar-refractivity contribution in [3.63, 3.8) is 0 Å². The van der Waals surface area contributed by atoms with E-state index in [2.05, 4.69) is 25.1 Å². The summed E-state index contributed by atoms with van der Waals surface area (Å²) in [5.74, 6) is 1.97. The zero-order valence-electron chi connectivity index (χ0n) is 14.3. The van der Waals surface area contributed by atoms with Crippen LogP contribution < -0.4 is 4.90 Å². The molecule has 126 valence electrons. The number of nitrogens with zero attached hydrogens (tertiary/aromatic N) is 6. The van der Waals surface area contributed by atoms with E-state index in [-0.39, 0.29) is 0 Å². The second kappa shape index (κ2) is 6.88. The molecular weight excluding hydrogens is 308 g/mol. The minimum Gasteiger partial charge on any atom is -0.384 e. The monoisotopic (exact) mass is 328 g/mol. The average Bonchev–Trinajstić information content (AvgIpc) is 2.99. The van der Waals surface area contributed by atoms with Crippen molar-refractivity contribution in [2.24, 2.45) is 0 Å². The smallest absolute Gasteiger partial charge is 0.246 e. The molecule has 0 spiro atoms. The van der Waals surface area contributed by atoms with Crippen LogP contribution in [-0.2, 0) is 17.7 Å². The molecule has 0 unspecified atom stereocenters. The maximum Gasteiger partial charge on any atom is 0.246 e. The molecule has 0 N–H and O–H groups in total. The Bertz CT molecular complexity index is 848. The summed E-state index contributed by atoms with van der Waals surface area (Å²) in [6, 6.07) is 2.03. The lowest BCUT2D eigenvalue weighted by Gasteiger charge is -2.18. The van der Waals surface area contributed by atoms with Gasteiger partial charge >= 0.3 is 0 Å². The van der Waals surface area contributed by atoms with Gasteiger partial charge in [0.15, 0.2) is 11.5 Å². The first-order valence-electron chi connectivity index (χ1n) is 7.69. The van der Waals surface area contributed by atoms with Crippen LogP contribution in [0.4, 0.5) is 5.82 Å². The molecule has 0 aliphatic rings. The van der Waals surface area contributed by atoms with Gasteiger partial charge in [0.25, 0.3) is 0 Å². The third kappa shape index (κ3) is 3.33. The Hall–Kier alpha value is -2.61. The second-order valence-electron chi connectivity index (χ2n) is 5.68. The van der Waals surface area contributed by atoms with Crippen LogP contribution in [0.1, 0.15) is 23.0 Å². The normalized spacial score (nSPS) is 11.2. The van der Waals surface area contributed by atoms with Gasteiger partial charge in [-0.25, -0.2) is 15.0 Å². The third-order valence-electron chi connectivity index (χ3n) is 3.68. The highest BCUT2D eigenvalue weighted by atomic mass is 16.5. The molecule has 0 radical (unpaired) electrons. The Kier molecular flexibility index (Phi) is 4.66. The SMILES string of the molecule is COCCc1noc(CN(C)c2ncnc3nc(C)cc(C)c23)n1. The molecule has 3 rings (SSSR count). The summed E-state index contributed by atoms with van der Waals surface area (Å²) in [4.78, 5) is 19.5. The number of rotatable bonds is 6. The molecule has 0 fully saturated rings. The summed E-state index contributed by atoms with van der Waals surface area (Å²) >= 11 is 0. The maximum absolute atomic E-state index is 5.30. The number of hydrogen-bond acceptors (Lipinski definition) is 8. The predicted octanol–water partition coefficient (Wildman–Crippen LogP) is 1.85. The molecule has 0 amide bonds. The van der Waals surface area contributed by atoms with Gasteiger partial charge in [-0.1, -0.05) is 5.16 Å². The maximum atomic E-state index is 5.30. The Morgan fingerprint density at radius 2 is 2.04 bits per heavy atom. The summed E-state index contributed by atoms with van der Waals surface area (Å²) in [5, 5.41) is 4.89. The lowest BCUT2D eigenvalue weighted by molar-refractivity contribution is 0.199. The van der Waals surface area contributed by atoms with E-state index in [0.29, 0.717) is 36.9 Å². The van der Waals surface area contributed by atoms with Crippen LogP contribution in [0.3, 0.4) is 0 Å². The molecule has 0 saturated heterocycles. The summed E-state index contributed by atoms with van der Waals surface area (Å²) in [7, 11) is 3.58. The van der Waals surface area contributed by atoms with E-state index in [1.54, 1.807) is 7.11 Å². The van der Waals surface area contributed by atoms with Crippen LogP contribution in [0.25, 0.3) is 11.0 Å². The molecule has 3 heterocycles. The highest BCUT2D eigenvalue weighted by molar-refractivity contribution is 5.89. The van der Waals surface area contributed by atoms with E-state index < -0.39 is 0 Å². The molecule has 0 saturated carbocycles. The van der Waals surface area contributed by atoms with Crippen LogP contribution in [-0.4, -0.2) is 45.9 Å². The van der Waals surface area contributed by atoms with Gasteiger partial charge < -0.3 is 14.2 Å². The zero-order valence-corrected chi connectivity index (χ0v) is 14.3. The van der Waals surface area contributed by atoms with Crippen LogP contribution >= 0.6 is 0 Å². The van der Waals surface area contributed by atoms with Gasteiger partial charge in [0.1, 0.15) is 12.1 Å². The fraction of sp³-hybridized carbons (Fsp3) is 0.438. The van der Waals surface area contributed by atoms with E-state index in [9.17, 15) is 0 Å². The molecule has 0 bridgehead atoms. The van der Waals surface area contributed by atoms with Gasteiger partial charge in [-0.3, -0.25) is 0 Å². The lowest BCUT2D eigenvalue weighted by Crippen LogP contribution is -2.19. The van der Waals surface area contributed by atoms with Gasteiger partial charge in [0.2, 0.25) is 5.89 Å². The average molecular weight is 328 g/mol. The number of fused-ring (bicyclic) bond motifs is 1. The fourth-order valence-electron chi connectivity index (χ4n) is 2.61. The first-order chi connectivity index (χ1) is 11.6. The lowest BCUT2D eigenvalue weighted by atomic mass is 10.1.